The maximum Gasteiger partial charge on any atom is 0.0221 e. The van der Waals surface area contributed by atoms with Gasteiger partial charge < -0.3 is 11.1 Å². The summed E-state index contributed by atoms with van der Waals surface area (Å²) in [5, 5.41) is 3.72. The van der Waals surface area contributed by atoms with Crippen LogP contribution in [0.3, 0.4) is 0 Å². The summed E-state index contributed by atoms with van der Waals surface area (Å²) in [7, 11) is 0. The number of rotatable bonds is 8. The molecular weight excluding hydrogens is 210 g/mol. The van der Waals surface area contributed by atoms with Gasteiger partial charge in [0.2, 0.25) is 0 Å². The van der Waals surface area contributed by atoms with Crippen LogP contribution >= 0.6 is 0 Å². The van der Waals surface area contributed by atoms with Crippen molar-refractivity contribution in [2.75, 3.05) is 26.2 Å². The molecule has 0 radical (unpaired) electrons. The van der Waals surface area contributed by atoms with Gasteiger partial charge in [-0.15, -0.1) is 0 Å². The van der Waals surface area contributed by atoms with Gasteiger partial charge in [-0.25, -0.2) is 0 Å². The molecule has 3 heteroatoms. The third kappa shape index (κ3) is 5.36. The fraction of sp³-hybridized carbons (Fsp3) is 1.00. The van der Waals surface area contributed by atoms with Crippen LogP contribution in [0.4, 0.5) is 0 Å². The lowest BCUT2D eigenvalue weighted by Crippen LogP contribution is -2.57. The number of unbranched alkanes of at least 4 members (excludes halogenated alkanes) is 2. The van der Waals surface area contributed by atoms with Gasteiger partial charge in [-0.3, -0.25) is 4.90 Å². The zero-order valence-electron chi connectivity index (χ0n) is 11.8. The first-order valence-corrected chi connectivity index (χ1v) is 7.49. The second kappa shape index (κ2) is 8.90. The van der Waals surface area contributed by atoms with Gasteiger partial charge in [0.05, 0.1) is 0 Å². The van der Waals surface area contributed by atoms with E-state index in [1.807, 2.05) is 0 Å². The van der Waals surface area contributed by atoms with Crippen molar-refractivity contribution < 1.29 is 0 Å². The predicted octanol–water partition coefficient (Wildman–Crippen LogP) is 1.97. The molecule has 1 rings (SSSR count). The summed E-state index contributed by atoms with van der Waals surface area (Å²) in [6.07, 6.45) is 7.92. The molecule has 0 aliphatic carbocycles. The smallest absolute Gasteiger partial charge is 0.0221 e. The molecule has 0 amide bonds. The first-order valence-electron chi connectivity index (χ1n) is 7.49. The zero-order valence-corrected chi connectivity index (χ0v) is 11.8. The summed E-state index contributed by atoms with van der Waals surface area (Å²) < 4.78 is 0. The van der Waals surface area contributed by atoms with Crippen LogP contribution in [0.2, 0.25) is 0 Å². The lowest BCUT2D eigenvalue weighted by atomic mass is 10.0. The summed E-state index contributed by atoms with van der Waals surface area (Å²) >= 11 is 0. The minimum atomic E-state index is 0.694. The number of hydrogen-bond acceptors (Lipinski definition) is 3. The average Bonchev–Trinajstić information content (AvgIpc) is 2.35. The normalized spacial score (nSPS) is 26.3. The number of nitrogens with two attached hydrogens (primary N) is 1. The molecule has 0 aromatic carbocycles. The van der Waals surface area contributed by atoms with E-state index in [4.69, 9.17) is 5.73 Å². The Balaban J connectivity index is 2.36. The number of nitrogens with zero attached hydrogens (tertiary/aromatic N) is 1. The zero-order chi connectivity index (χ0) is 12.5. The van der Waals surface area contributed by atoms with Crippen LogP contribution in [0.15, 0.2) is 0 Å². The molecule has 1 aliphatic rings. The van der Waals surface area contributed by atoms with Gasteiger partial charge >= 0.3 is 0 Å². The van der Waals surface area contributed by atoms with Crippen molar-refractivity contribution in [2.24, 2.45) is 5.73 Å². The van der Waals surface area contributed by atoms with Crippen LogP contribution in [0.25, 0.3) is 0 Å². The summed E-state index contributed by atoms with van der Waals surface area (Å²) in [4.78, 5) is 2.62. The Morgan fingerprint density at radius 2 is 1.88 bits per heavy atom. The van der Waals surface area contributed by atoms with Crippen molar-refractivity contribution in [3.8, 4) is 0 Å². The van der Waals surface area contributed by atoms with Crippen LogP contribution in [0, 0.1) is 0 Å². The quantitative estimate of drug-likeness (QED) is 0.682. The molecule has 0 bridgehead atoms. The summed E-state index contributed by atoms with van der Waals surface area (Å²) in [6, 6.07) is 1.41. The summed E-state index contributed by atoms with van der Waals surface area (Å²) in [6.45, 7) is 8.76. The molecular formula is C14H31N3. The van der Waals surface area contributed by atoms with Gasteiger partial charge in [-0.1, -0.05) is 39.5 Å². The van der Waals surface area contributed by atoms with Gasteiger partial charge in [0.15, 0.2) is 0 Å². The van der Waals surface area contributed by atoms with E-state index in [-0.39, 0.29) is 0 Å². The molecule has 1 fully saturated rings. The molecule has 0 saturated carbocycles. The SMILES string of the molecule is CCCCC1CN(CCN)C(CCCC)CN1. The molecule has 2 atom stereocenters. The maximum absolute atomic E-state index is 5.73. The van der Waals surface area contributed by atoms with Crippen molar-refractivity contribution in [3.63, 3.8) is 0 Å². The van der Waals surface area contributed by atoms with E-state index in [0.717, 1.165) is 25.7 Å². The number of hydrogen-bond donors (Lipinski definition) is 2. The molecule has 102 valence electrons. The largest absolute Gasteiger partial charge is 0.329 e. The van der Waals surface area contributed by atoms with E-state index in [9.17, 15) is 0 Å². The minimum Gasteiger partial charge on any atom is -0.329 e. The van der Waals surface area contributed by atoms with E-state index >= 15 is 0 Å². The van der Waals surface area contributed by atoms with Crippen LogP contribution in [0.5, 0.6) is 0 Å². The van der Waals surface area contributed by atoms with Crippen LogP contribution in [-0.4, -0.2) is 43.2 Å². The van der Waals surface area contributed by atoms with Gasteiger partial charge in [-0.2, -0.15) is 0 Å². The standard InChI is InChI=1S/C14H31N3/c1-3-5-7-13-12-17(10-9-15)14(11-16-13)8-6-4-2/h13-14,16H,3-12,15H2,1-2H3. The molecule has 3 N–H and O–H groups in total. The lowest BCUT2D eigenvalue weighted by Gasteiger charge is -2.40. The number of piperazine rings is 1. The molecule has 0 spiro atoms. The van der Waals surface area contributed by atoms with Gasteiger partial charge in [-0.05, 0) is 12.8 Å². The molecule has 1 aliphatic heterocycles. The molecule has 1 heterocycles. The van der Waals surface area contributed by atoms with E-state index in [1.165, 1.54) is 45.1 Å². The molecule has 1 saturated heterocycles. The van der Waals surface area contributed by atoms with Crippen molar-refractivity contribution in [1.29, 1.82) is 0 Å². The molecule has 0 aromatic heterocycles. The predicted molar refractivity (Wildman–Crippen MR) is 75.3 cm³/mol. The molecule has 3 nitrogen and oxygen atoms in total. The Kier molecular flexibility index (Phi) is 7.82. The molecule has 2 unspecified atom stereocenters. The lowest BCUT2D eigenvalue weighted by molar-refractivity contribution is 0.121. The fourth-order valence-corrected chi connectivity index (χ4v) is 2.74. The Morgan fingerprint density at radius 3 is 2.53 bits per heavy atom. The molecule has 17 heavy (non-hydrogen) atoms. The van der Waals surface area contributed by atoms with Gasteiger partial charge in [0.1, 0.15) is 0 Å². The Labute approximate surface area is 107 Å². The van der Waals surface area contributed by atoms with Crippen LogP contribution in [-0.2, 0) is 0 Å². The first kappa shape index (κ1) is 14.9. The van der Waals surface area contributed by atoms with Crippen molar-refractivity contribution in [3.05, 3.63) is 0 Å². The Morgan fingerprint density at radius 1 is 1.18 bits per heavy atom. The minimum absolute atomic E-state index is 0.694. The van der Waals surface area contributed by atoms with Crippen molar-refractivity contribution in [2.45, 2.75) is 64.5 Å². The van der Waals surface area contributed by atoms with Crippen LogP contribution in [0.1, 0.15) is 52.4 Å². The monoisotopic (exact) mass is 241 g/mol. The van der Waals surface area contributed by atoms with Gasteiger partial charge in [0.25, 0.3) is 0 Å². The highest BCUT2D eigenvalue weighted by Gasteiger charge is 2.26. The Hall–Kier alpha value is -0.120. The van der Waals surface area contributed by atoms with Crippen LogP contribution < -0.4 is 11.1 Å². The third-order valence-corrected chi connectivity index (χ3v) is 3.83. The fourth-order valence-electron chi connectivity index (χ4n) is 2.74. The second-order valence-corrected chi connectivity index (χ2v) is 5.33. The second-order valence-electron chi connectivity index (χ2n) is 5.33. The first-order chi connectivity index (χ1) is 8.31. The van der Waals surface area contributed by atoms with Gasteiger partial charge in [0, 0.05) is 38.3 Å². The third-order valence-electron chi connectivity index (χ3n) is 3.83. The number of nitrogens with one attached hydrogen (secondary N) is 1. The maximum atomic E-state index is 5.73. The Bertz CT molecular complexity index is 184. The topological polar surface area (TPSA) is 41.3 Å². The van der Waals surface area contributed by atoms with Crippen molar-refractivity contribution in [1.82, 2.24) is 10.2 Å². The molecule has 0 aromatic rings. The summed E-state index contributed by atoms with van der Waals surface area (Å²) in [5.41, 5.74) is 5.73. The highest BCUT2D eigenvalue weighted by Crippen LogP contribution is 2.15. The van der Waals surface area contributed by atoms with E-state index in [0.29, 0.717) is 6.04 Å². The highest BCUT2D eigenvalue weighted by molar-refractivity contribution is 4.86. The highest BCUT2D eigenvalue weighted by atomic mass is 15.2. The van der Waals surface area contributed by atoms with E-state index in [2.05, 4.69) is 24.1 Å². The average molecular weight is 241 g/mol. The van der Waals surface area contributed by atoms with Crippen molar-refractivity contribution >= 4 is 0 Å². The van der Waals surface area contributed by atoms with E-state index in [1.54, 1.807) is 0 Å². The summed E-state index contributed by atoms with van der Waals surface area (Å²) in [5.74, 6) is 0. The van der Waals surface area contributed by atoms with E-state index < -0.39 is 0 Å².